The van der Waals surface area contributed by atoms with Gasteiger partial charge in [0.05, 0.1) is 21.7 Å². The fourth-order valence-corrected chi connectivity index (χ4v) is 5.05. The smallest absolute Gasteiger partial charge is 0.342 e. The molecule has 1 heterocycles. The fourth-order valence-electron chi connectivity index (χ4n) is 3.48. The first kappa shape index (κ1) is 24.1. The first-order valence-corrected chi connectivity index (χ1v) is 12.4. The van der Waals surface area contributed by atoms with E-state index in [0.29, 0.717) is 16.8 Å². The van der Waals surface area contributed by atoms with Crippen molar-refractivity contribution < 1.29 is 23.1 Å². The van der Waals surface area contributed by atoms with Gasteiger partial charge in [0, 0.05) is 17.4 Å². The van der Waals surface area contributed by atoms with Crippen LogP contribution >= 0.6 is 11.3 Å². The largest absolute Gasteiger partial charge is 0.479 e. The average molecular weight is 475 g/mol. The number of nitrogens with one attached hydrogen (secondary N) is 1. The monoisotopic (exact) mass is 474 g/mol. The first-order chi connectivity index (χ1) is 15.0. The normalized spacial score (nSPS) is 14.1. The van der Waals surface area contributed by atoms with Gasteiger partial charge in [-0.1, -0.05) is 42.5 Å². The Morgan fingerprint density at radius 2 is 1.78 bits per heavy atom. The summed E-state index contributed by atoms with van der Waals surface area (Å²) in [6, 6.07) is 13.9. The van der Waals surface area contributed by atoms with E-state index in [1.165, 1.54) is 18.4 Å². The first-order valence-electron chi connectivity index (χ1n) is 9.93. The summed E-state index contributed by atoms with van der Waals surface area (Å²) in [7, 11) is -2.26. The summed E-state index contributed by atoms with van der Waals surface area (Å²) in [4.78, 5) is 16.9. The number of carbonyl (C=O) groups is 1. The van der Waals surface area contributed by atoms with E-state index in [1.807, 2.05) is 0 Å². The average Bonchev–Trinajstić information content (AvgIpc) is 3.28. The van der Waals surface area contributed by atoms with Crippen LogP contribution in [-0.2, 0) is 31.6 Å². The zero-order valence-electron chi connectivity index (χ0n) is 18.3. The van der Waals surface area contributed by atoms with Crippen LogP contribution in [0.25, 0.3) is 11.1 Å². The highest BCUT2D eigenvalue weighted by atomic mass is 32.2. The van der Waals surface area contributed by atoms with Crippen molar-refractivity contribution >= 4 is 27.3 Å². The Kier molecular flexibility index (Phi) is 6.85. The predicted molar refractivity (Wildman–Crippen MR) is 124 cm³/mol. The quantitative estimate of drug-likeness (QED) is 0.510. The highest BCUT2D eigenvalue weighted by Gasteiger charge is 2.46. The molecule has 9 heteroatoms. The van der Waals surface area contributed by atoms with Gasteiger partial charge in [0.2, 0.25) is 15.6 Å². The number of carboxylic acids is 1. The minimum atomic E-state index is -3.63. The Labute approximate surface area is 192 Å². The predicted octanol–water partition coefficient (Wildman–Crippen LogP) is 4.06. The lowest BCUT2D eigenvalue weighted by Gasteiger charge is -2.35. The van der Waals surface area contributed by atoms with Gasteiger partial charge in [0.15, 0.2) is 0 Å². The molecule has 2 aromatic carbocycles. The van der Waals surface area contributed by atoms with E-state index < -0.39 is 27.2 Å². The molecule has 0 aliphatic heterocycles. The van der Waals surface area contributed by atoms with Crippen molar-refractivity contribution in [3.8, 4) is 11.1 Å². The molecule has 3 rings (SSSR count). The number of ether oxygens (including phenoxy) is 1. The number of aromatic nitrogens is 1. The van der Waals surface area contributed by atoms with Crippen molar-refractivity contribution in [1.82, 2.24) is 9.71 Å². The zero-order chi connectivity index (χ0) is 23.6. The van der Waals surface area contributed by atoms with Gasteiger partial charge < -0.3 is 9.84 Å². The van der Waals surface area contributed by atoms with Gasteiger partial charge in [-0.3, -0.25) is 0 Å². The van der Waals surface area contributed by atoms with Gasteiger partial charge in [-0.15, -0.1) is 11.3 Å². The maximum atomic E-state index is 12.4. The molecule has 2 N–H and O–H groups in total. The molecule has 0 aliphatic carbocycles. The van der Waals surface area contributed by atoms with Gasteiger partial charge in [-0.2, -0.15) is 0 Å². The lowest BCUT2D eigenvalue weighted by molar-refractivity contribution is -0.188. The van der Waals surface area contributed by atoms with Crippen LogP contribution in [0.3, 0.4) is 0 Å². The van der Waals surface area contributed by atoms with Crippen molar-refractivity contribution in [2.24, 2.45) is 0 Å². The molecule has 0 fully saturated rings. The van der Waals surface area contributed by atoms with Crippen LogP contribution in [0.1, 0.15) is 32.0 Å². The number of sulfonamides is 1. The van der Waals surface area contributed by atoms with Crippen LogP contribution in [0.4, 0.5) is 0 Å². The second kappa shape index (κ2) is 9.11. The summed E-state index contributed by atoms with van der Waals surface area (Å²) in [6.07, 6.45) is 0.0695. The lowest BCUT2D eigenvalue weighted by atomic mass is 9.89. The molecule has 0 spiro atoms. The summed E-state index contributed by atoms with van der Waals surface area (Å²) in [5.41, 5.74) is 1.55. The highest BCUT2D eigenvalue weighted by Crippen LogP contribution is 2.35. The highest BCUT2D eigenvalue weighted by molar-refractivity contribution is 7.89. The Morgan fingerprint density at radius 3 is 2.31 bits per heavy atom. The molecule has 3 aromatic rings. The molecule has 7 nitrogen and oxygen atoms in total. The molecule has 0 amide bonds. The van der Waals surface area contributed by atoms with Crippen molar-refractivity contribution in [3.05, 3.63) is 70.7 Å². The van der Waals surface area contributed by atoms with E-state index in [-0.39, 0.29) is 11.3 Å². The van der Waals surface area contributed by atoms with Crippen LogP contribution in [0, 0.1) is 0 Å². The van der Waals surface area contributed by atoms with Gasteiger partial charge in [-0.25, -0.2) is 22.9 Å². The summed E-state index contributed by atoms with van der Waals surface area (Å²) >= 11 is 1.31. The van der Waals surface area contributed by atoms with E-state index >= 15 is 0 Å². The molecular weight excluding hydrogens is 448 g/mol. The topological polar surface area (TPSA) is 106 Å². The third-order valence-corrected chi connectivity index (χ3v) is 6.89. The molecule has 1 atom stereocenters. The molecule has 1 unspecified atom stereocenters. The number of aliphatic carboxylic acids is 1. The zero-order valence-corrected chi connectivity index (χ0v) is 20.0. The molecule has 1 aromatic heterocycles. The second-order valence-electron chi connectivity index (χ2n) is 8.30. The van der Waals surface area contributed by atoms with Crippen molar-refractivity contribution in [2.45, 2.75) is 43.3 Å². The number of hydrogen-bond acceptors (Lipinski definition) is 6. The second-order valence-corrected chi connectivity index (χ2v) is 10.9. The van der Waals surface area contributed by atoms with Crippen molar-refractivity contribution in [2.75, 3.05) is 7.05 Å². The number of carboxylic acid groups (broad SMARTS) is 1. The van der Waals surface area contributed by atoms with Gasteiger partial charge in [0.1, 0.15) is 0 Å². The minimum Gasteiger partial charge on any atom is -0.479 e. The fraction of sp³-hybridized carbons (Fsp3) is 0.304. The van der Waals surface area contributed by atoms with E-state index in [1.54, 1.807) is 80.2 Å². The number of hydrogen-bond donors (Lipinski definition) is 2. The van der Waals surface area contributed by atoms with Crippen LogP contribution in [-0.4, -0.2) is 37.1 Å². The van der Waals surface area contributed by atoms with Gasteiger partial charge in [0.25, 0.3) is 0 Å². The summed E-state index contributed by atoms with van der Waals surface area (Å²) in [6.45, 7) is 5.41. The maximum absolute atomic E-state index is 12.4. The number of benzene rings is 2. The number of thiazole rings is 1. The Morgan fingerprint density at radius 1 is 1.12 bits per heavy atom. The van der Waals surface area contributed by atoms with Crippen molar-refractivity contribution in [1.29, 1.82) is 0 Å². The van der Waals surface area contributed by atoms with Crippen LogP contribution < -0.4 is 4.72 Å². The Balaban J connectivity index is 2.01. The SMILES string of the molecule is CNS(=O)(=O)c1ccccc1-c1ccc(CC(OC(C)(C)C)(C(=O)O)c2cscn2)cc1. The summed E-state index contributed by atoms with van der Waals surface area (Å²) in [5, 5.41) is 11.9. The van der Waals surface area contributed by atoms with Crippen molar-refractivity contribution in [3.63, 3.8) is 0 Å². The van der Waals surface area contributed by atoms with E-state index in [0.717, 1.165) is 5.56 Å². The standard InChI is InChI=1S/C23H26N2O5S2/c1-22(2,3)30-23(21(26)27,20-14-31-15-25-20)13-16-9-11-17(12-10-16)18-7-5-6-8-19(18)32(28,29)24-4/h5-12,14-15,24H,13H2,1-4H3,(H,26,27). The third-order valence-electron chi connectivity index (χ3n) is 4.84. The lowest BCUT2D eigenvalue weighted by Crippen LogP contribution is -2.46. The van der Waals surface area contributed by atoms with E-state index in [2.05, 4.69) is 9.71 Å². The van der Waals surface area contributed by atoms with Crippen LogP contribution in [0.15, 0.2) is 64.3 Å². The van der Waals surface area contributed by atoms with Crippen LogP contribution in [0.2, 0.25) is 0 Å². The molecule has 0 radical (unpaired) electrons. The minimum absolute atomic E-state index is 0.0695. The molecule has 0 saturated carbocycles. The number of rotatable bonds is 8. The molecule has 0 aliphatic rings. The molecular formula is C23H26N2O5S2. The molecule has 0 saturated heterocycles. The molecule has 0 bridgehead atoms. The van der Waals surface area contributed by atoms with Gasteiger partial charge in [-0.05, 0) is 45.0 Å². The summed E-state index contributed by atoms with van der Waals surface area (Å²) < 4.78 is 33.2. The molecule has 32 heavy (non-hydrogen) atoms. The van der Waals surface area contributed by atoms with E-state index in [4.69, 9.17) is 4.74 Å². The molecule has 170 valence electrons. The Hall–Kier alpha value is -2.59. The third kappa shape index (κ3) is 5.07. The summed E-state index contributed by atoms with van der Waals surface area (Å²) in [5.74, 6) is -1.12. The van der Waals surface area contributed by atoms with E-state index in [9.17, 15) is 18.3 Å². The van der Waals surface area contributed by atoms with Crippen LogP contribution in [0.5, 0.6) is 0 Å². The van der Waals surface area contributed by atoms with Gasteiger partial charge >= 0.3 is 5.97 Å². The number of nitrogens with zero attached hydrogens (tertiary/aromatic N) is 1. The Bertz CT molecular complexity index is 1180. The maximum Gasteiger partial charge on any atom is 0.342 e.